The lowest BCUT2D eigenvalue weighted by Crippen LogP contribution is -2.21. The Morgan fingerprint density at radius 3 is 2.35 bits per heavy atom. The summed E-state index contributed by atoms with van der Waals surface area (Å²) in [6.07, 6.45) is 0. The fourth-order valence-electron chi connectivity index (χ4n) is 1.86. The van der Waals surface area contributed by atoms with Crippen LogP contribution >= 0.6 is 11.8 Å². The van der Waals surface area contributed by atoms with Gasteiger partial charge in [0.25, 0.3) is 5.91 Å². The summed E-state index contributed by atoms with van der Waals surface area (Å²) >= 11 is 1.14. The standard InChI is InChI=1S/C17H17FN2O2S/c1-20(2)17(22)12-7-9-13(10-8-12)19-16(21)11-23-15-6-4-3-5-14(15)18/h3-10H,11H2,1-2H3,(H,19,21). The van der Waals surface area contributed by atoms with Crippen LogP contribution < -0.4 is 5.32 Å². The van der Waals surface area contributed by atoms with Gasteiger partial charge in [-0.05, 0) is 36.4 Å². The summed E-state index contributed by atoms with van der Waals surface area (Å²) in [7, 11) is 3.36. The molecule has 2 rings (SSSR count). The van der Waals surface area contributed by atoms with Gasteiger partial charge in [0.2, 0.25) is 5.91 Å². The molecule has 0 saturated carbocycles. The van der Waals surface area contributed by atoms with E-state index in [-0.39, 0.29) is 23.4 Å². The summed E-state index contributed by atoms with van der Waals surface area (Å²) in [4.78, 5) is 25.6. The fraction of sp³-hybridized carbons (Fsp3) is 0.176. The predicted molar refractivity (Wildman–Crippen MR) is 90.2 cm³/mol. The van der Waals surface area contributed by atoms with Gasteiger partial charge in [-0.3, -0.25) is 9.59 Å². The van der Waals surface area contributed by atoms with Crippen molar-refractivity contribution in [1.82, 2.24) is 4.90 Å². The second-order valence-corrected chi connectivity index (χ2v) is 6.06. The number of benzene rings is 2. The molecule has 0 unspecified atom stereocenters. The highest BCUT2D eigenvalue weighted by Crippen LogP contribution is 2.21. The van der Waals surface area contributed by atoms with Gasteiger partial charge in [-0.15, -0.1) is 11.8 Å². The Labute approximate surface area is 138 Å². The maximum absolute atomic E-state index is 13.5. The van der Waals surface area contributed by atoms with Crippen LogP contribution in [0.5, 0.6) is 0 Å². The molecule has 2 aromatic carbocycles. The SMILES string of the molecule is CN(C)C(=O)c1ccc(NC(=O)CSc2ccccc2F)cc1. The molecule has 0 spiro atoms. The summed E-state index contributed by atoms with van der Waals surface area (Å²) in [5, 5.41) is 2.72. The van der Waals surface area contributed by atoms with Crippen molar-refractivity contribution in [2.75, 3.05) is 25.2 Å². The maximum Gasteiger partial charge on any atom is 0.253 e. The van der Waals surface area contributed by atoms with E-state index in [1.54, 1.807) is 56.6 Å². The van der Waals surface area contributed by atoms with Crippen LogP contribution in [0.1, 0.15) is 10.4 Å². The third-order valence-corrected chi connectivity index (χ3v) is 4.07. The molecule has 2 amide bonds. The number of hydrogen-bond donors (Lipinski definition) is 1. The van der Waals surface area contributed by atoms with E-state index in [2.05, 4.69) is 5.32 Å². The second kappa shape index (κ2) is 7.78. The van der Waals surface area contributed by atoms with Crippen molar-refractivity contribution in [3.05, 3.63) is 59.9 Å². The first-order chi connectivity index (χ1) is 11.0. The number of thioether (sulfide) groups is 1. The molecule has 0 radical (unpaired) electrons. The van der Waals surface area contributed by atoms with Crippen LogP contribution in [0.2, 0.25) is 0 Å². The normalized spacial score (nSPS) is 10.2. The van der Waals surface area contributed by atoms with Crippen molar-refractivity contribution in [3.63, 3.8) is 0 Å². The lowest BCUT2D eigenvalue weighted by Gasteiger charge is -2.11. The lowest BCUT2D eigenvalue weighted by atomic mass is 10.2. The first-order valence-electron chi connectivity index (χ1n) is 6.96. The van der Waals surface area contributed by atoms with Gasteiger partial charge >= 0.3 is 0 Å². The number of halogens is 1. The zero-order chi connectivity index (χ0) is 16.8. The van der Waals surface area contributed by atoms with Crippen molar-refractivity contribution in [2.24, 2.45) is 0 Å². The average Bonchev–Trinajstić information content (AvgIpc) is 2.54. The van der Waals surface area contributed by atoms with Crippen LogP contribution in [0, 0.1) is 5.82 Å². The zero-order valence-electron chi connectivity index (χ0n) is 12.9. The summed E-state index contributed by atoms with van der Waals surface area (Å²) in [6.45, 7) is 0. The van der Waals surface area contributed by atoms with Crippen molar-refractivity contribution in [3.8, 4) is 0 Å². The number of anilines is 1. The molecule has 1 N–H and O–H groups in total. The third kappa shape index (κ3) is 4.82. The van der Waals surface area contributed by atoms with Crippen LogP contribution in [0.15, 0.2) is 53.4 Å². The van der Waals surface area contributed by atoms with Gasteiger partial charge in [0.15, 0.2) is 0 Å². The minimum atomic E-state index is -0.336. The minimum absolute atomic E-state index is 0.0991. The number of carbonyl (C=O) groups excluding carboxylic acids is 2. The van der Waals surface area contributed by atoms with Crippen molar-refractivity contribution >= 4 is 29.3 Å². The molecule has 0 atom stereocenters. The number of nitrogens with zero attached hydrogens (tertiary/aromatic N) is 1. The molecule has 0 aliphatic rings. The highest BCUT2D eigenvalue weighted by atomic mass is 32.2. The predicted octanol–water partition coefficient (Wildman–Crippen LogP) is 3.26. The highest BCUT2D eigenvalue weighted by Gasteiger charge is 2.09. The molecule has 23 heavy (non-hydrogen) atoms. The number of hydrogen-bond acceptors (Lipinski definition) is 3. The average molecular weight is 332 g/mol. The maximum atomic E-state index is 13.5. The molecule has 0 bridgehead atoms. The molecule has 0 aliphatic carbocycles. The molecule has 120 valence electrons. The van der Waals surface area contributed by atoms with Crippen LogP contribution in [0.25, 0.3) is 0 Å². The third-order valence-electron chi connectivity index (χ3n) is 3.02. The van der Waals surface area contributed by atoms with Gasteiger partial charge in [-0.1, -0.05) is 12.1 Å². The van der Waals surface area contributed by atoms with E-state index in [0.29, 0.717) is 16.1 Å². The summed E-state index contributed by atoms with van der Waals surface area (Å²) in [6, 6.07) is 13.0. The van der Waals surface area contributed by atoms with E-state index < -0.39 is 0 Å². The second-order valence-electron chi connectivity index (χ2n) is 5.04. The lowest BCUT2D eigenvalue weighted by molar-refractivity contribution is -0.113. The van der Waals surface area contributed by atoms with Gasteiger partial charge in [-0.2, -0.15) is 0 Å². The summed E-state index contributed by atoms with van der Waals surface area (Å²) in [5.41, 5.74) is 1.15. The molecule has 0 saturated heterocycles. The summed E-state index contributed by atoms with van der Waals surface area (Å²) in [5.74, 6) is -0.556. The van der Waals surface area contributed by atoms with Crippen molar-refractivity contribution in [2.45, 2.75) is 4.90 Å². The molecular formula is C17H17FN2O2S. The molecule has 0 heterocycles. The molecule has 6 heteroatoms. The molecule has 2 aromatic rings. The van der Waals surface area contributed by atoms with Crippen LogP contribution in [-0.4, -0.2) is 36.6 Å². The summed E-state index contributed by atoms with van der Waals surface area (Å²) < 4.78 is 13.5. The quantitative estimate of drug-likeness (QED) is 0.855. The molecular weight excluding hydrogens is 315 g/mol. The van der Waals surface area contributed by atoms with E-state index in [9.17, 15) is 14.0 Å². The van der Waals surface area contributed by atoms with E-state index >= 15 is 0 Å². The Morgan fingerprint density at radius 1 is 1.09 bits per heavy atom. The van der Waals surface area contributed by atoms with Crippen LogP contribution in [-0.2, 0) is 4.79 Å². The van der Waals surface area contributed by atoms with Crippen molar-refractivity contribution < 1.29 is 14.0 Å². The topological polar surface area (TPSA) is 49.4 Å². The Bertz CT molecular complexity index is 702. The van der Waals surface area contributed by atoms with E-state index in [1.165, 1.54) is 11.0 Å². The van der Waals surface area contributed by atoms with E-state index in [0.717, 1.165) is 11.8 Å². The van der Waals surface area contributed by atoms with Crippen LogP contribution in [0.4, 0.5) is 10.1 Å². The number of carbonyl (C=O) groups is 2. The smallest absolute Gasteiger partial charge is 0.253 e. The largest absolute Gasteiger partial charge is 0.345 e. The molecule has 4 nitrogen and oxygen atoms in total. The Hall–Kier alpha value is -2.34. The molecule has 0 fully saturated rings. The fourth-order valence-corrected chi connectivity index (χ4v) is 2.60. The highest BCUT2D eigenvalue weighted by molar-refractivity contribution is 8.00. The monoisotopic (exact) mass is 332 g/mol. The first-order valence-corrected chi connectivity index (χ1v) is 7.95. The van der Waals surface area contributed by atoms with Gasteiger partial charge < -0.3 is 10.2 Å². The minimum Gasteiger partial charge on any atom is -0.345 e. The Balaban J connectivity index is 1.90. The zero-order valence-corrected chi connectivity index (χ0v) is 13.7. The van der Waals surface area contributed by atoms with E-state index in [1.807, 2.05) is 0 Å². The Kier molecular flexibility index (Phi) is 5.76. The molecule has 0 aromatic heterocycles. The number of rotatable bonds is 5. The van der Waals surface area contributed by atoms with Crippen molar-refractivity contribution in [1.29, 1.82) is 0 Å². The number of nitrogens with one attached hydrogen (secondary N) is 1. The van der Waals surface area contributed by atoms with Gasteiger partial charge in [0.05, 0.1) is 5.75 Å². The van der Waals surface area contributed by atoms with Gasteiger partial charge in [-0.25, -0.2) is 4.39 Å². The van der Waals surface area contributed by atoms with Gasteiger partial charge in [0, 0.05) is 30.2 Å². The number of amides is 2. The first kappa shape index (κ1) is 17.0. The van der Waals surface area contributed by atoms with E-state index in [4.69, 9.17) is 0 Å². The Morgan fingerprint density at radius 2 is 1.74 bits per heavy atom. The van der Waals surface area contributed by atoms with Crippen LogP contribution in [0.3, 0.4) is 0 Å². The van der Waals surface area contributed by atoms with Gasteiger partial charge in [0.1, 0.15) is 5.82 Å². The molecule has 0 aliphatic heterocycles.